The van der Waals surface area contributed by atoms with Crippen LogP contribution in [0.2, 0.25) is 0 Å². The van der Waals surface area contributed by atoms with Gasteiger partial charge in [-0.25, -0.2) is 8.51 Å². The zero-order valence-corrected chi connectivity index (χ0v) is 21.9. The number of carboxylic acids is 1. The van der Waals surface area contributed by atoms with Crippen molar-refractivity contribution in [3.8, 4) is 16.9 Å². The summed E-state index contributed by atoms with van der Waals surface area (Å²) >= 11 is 0. The van der Waals surface area contributed by atoms with Crippen molar-refractivity contribution in [1.82, 2.24) is 4.31 Å². The highest BCUT2D eigenvalue weighted by Crippen LogP contribution is 2.34. The average molecular weight is 492 g/mol. The van der Waals surface area contributed by atoms with Gasteiger partial charge in [-0.15, -0.1) is 0 Å². The number of aryl methyl sites for hydroxylation is 4. The Balaban J connectivity index is 1.57. The van der Waals surface area contributed by atoms with Gasteiger partial charge in [-0.1, -0.05) is 36.4 Å². The zero-order chi connectivity index (χ0) is 25.3. The number of aliphatic carboxylic acids is 1. The summed E-state index contributed by atoms with van der Waals surface area (Å²) in [4.78, 5) is 12.2. The highest BCUT2D eigenvalue weighted by Gasteiger charge is 2.28. The van der Waals surface area contributed by atoms with Gasteiger partial charge in [-0.2, -0.15) is 0 Å². The quantitative estimate of drug-likeness (QED) is 0.441. The molecule has 1 N–H and O–H groups in total. The first-order valence-electron chi connectivity index (χ1n) is 11.9. The normalized spacial score (nSPS) is 15.4. The first kappa shape index (κ1) is 25.1. The lowest BCUT2D eigenvalue weighted by Crippen LogP contribution is -2.33. The Morgan fingerprint density at radius 2 is 1.77 bits per heavy atom. The molecule has 3 aromatic rings. The van der Waals surface area contributed by atoms with Crippen LogP contribution in [0.5, 0.6) is 5.75 Å². The molecular weight excluding hydrogens is 458 g/mol. The molecule has 0 aliphatic carbocycles. The van der Waals surface area contributed by atoms with Crippen LogP contribution in [0.3, 0.4) is 0 Å². The molecule has 6 heteroatoms. The number of hydrogen-bond acceptors (Lipinski definition) is 3. The van der Waals surface area contributed by atoms with Crippen LogP contribution in [0.25, 0.3) is 11.1 Å². The summed E-state index contributed by atoms with van der Waals surface area (Å²) in [5.74, 6) is -0.200. The Labute approximate surface area is 210 Å². The number of benzene rings is 3. The molecular formula is C29H33NO4S. The third kappa shape index (κ3) is 5.82. The molecule has 1 aliphatic rings. The van der Waals surface area contributed by atoms with Crippen molar-refractivity contribution in [3.05, 3.63) is 82.4 Å². The molecule has 0 amide bonds. The number of hydrogen-bond donors (Lipinski definition) is 1. The summed E-state index contributed by atoms with van der Waals surface area (Å²) in [6.07, 6.45) is 1.71. The van der Waals surface area contributed by atoms with Crippen LogP contribution < -0.4 is 4.74 Å². The van der Waals surface area contributed by atoms with Crippen LogP contribution in [0.1, 0.15) is 48.1 Å². The molecule has 0 fully saturated rings. The van der Waals surface area contributed by atoms with Gasteiger partial charge >= 0.3 is 5.97 Å². The van der Waals surface area contributed by atoms with Crippen LogP contribution in [-0.4, -0.2) is 31.7 Å². The zero-order valence-electron chi connectivity index (χ0n) is 21.1. The van der Waals surface area contributed by atoms with Gasteiger partial charge in [0, 0.05) is 6.54 Å². The number of carboxylic acid groups (broad SMARTS) is 1. The molecule has 1 atom stereocenters. The molecule has 0 aromatic heterocycles. The van der Waals surface area contributed by atoms with E-state index in [1.165, 1.54) is 15.4 Å². The molecule has 5 nitrogen and oxygen atoms in total. The molecule has 0 bridgehead atoms. The van der Waals surface area contributed by atoms with E-state index < -0.39 is 17.0 Å². The fourth-order valence-electron chi connectivity index (χ4n) is 4.48. The summed E-state index contributed by atoms with van der Waals surface area (Å²) in [6.45, 7) is 10.3. The average Bonchev–Trinajstić information content (AvgIpc) is 2.79. The molecule has 184 valence electrons. The van der Waals surface area contributed by atoms with Gasteiger partial charge in [-0.05, 0) is 105 Å². The van der Waals surface area contributed by atoms with Crippen molar-refractivity contribution in [2.24, 2.45) is 0 Å². The van der Waals surface area contributed by atoms with Crippen molar-refractivity contribution in [2.75, 3.05) is 6.54 Å². The number of carbonyl (C=O) groups is 1. The number of fused-ring (bicyclic) bond motifs is 1. The third-order valence-corrected chi connectivity index (χ3v) is 8.01. The van der Waals surface area contributed by atoms with Gasteiger partial charge in [0.05, 0.1) is 4.90 Å². The maximum atomic E-state index is 13.5. The van der Waals surface area contributed by atoms with Gasteiger partial charge in [0.15, 0.2) is 0 Å². The lowest BCUT2D eigenvalue weighted by Gasteiger charge is -2.32. The second-order valence-electron chi connectivity index (χ2n) is 10.0. The minimum atomic E-state index is -1.62. The van der Waals surface area contributed by atoms with E-state index in [0.29, 0.717) is 4.90 Å². The monoisotopic (exact) mass is 491 g/mol. The van der Waals surface area contributed by atoms with Crippen molar-refractivity contribution >= 4 is 17.0 Å². The van der Waals surface area contributed by atoms with Crippen molar-refractivity contribution in [3.63, 3.8) is 0 Å². The van der Waals surface area contributed by atoms with E-state index in [0.717, 1.165) is 46.4 Å². The van der Waals surface area contributed by atoms with E-state index in [1.807, 2.05) is 18.2 Å². The van der Waals surface area contributed by atoms with E-state index in [1.54, 1.807) is 6.07 Å². The number of ether oxygens (including phenoxy) is 1. The van der Waals surface area contributed by atoms with Crippen LogP contribution in [0, 0.1) is 20.8 Å². The van der Waals surface area contributed by atoms with Crippen molar-refractivity contribution < 1.29 is 18.8 Å². The predicted octanol–water partition coefficient (Wildman–Crippen LogP) is 5.99. The Morgan fingerprint density at radius 1 is 1.00 bits per heavy atom. The van der Waals surface area contributed by atoms with Crippen molar-refractivity contribution in [2.45, 2.75) is 64.5 Å². The highest BCUT2D eigenvalue weighted by molar-refractivity contribution is 7.82. The standard InChI is InChI=1S/C29H33NO4S/c1-19-6-8-23(15-20(19)2)26-10-7-22(14-21(26)3)17-30(18-28(31)32)35(33)25-9-11-27-24(16-25)12-13-29(4,5)34-27/h6-11,14-16H,12-13,17-18H2,1-5H3,(H,31,32). The summed E-state index contributed by atoms with van der Waals surface area (Å²) in [5, 5.41) is 9.51. The second-order valence-corrected chi connectivity index (χ2v) is 11.5. The van der Waals surface area contributed by atoms with E-state index in [2.05, 4.69) is 65.0 Å². The molecule has 1 heterocycles. The summed E-state index contributed by atoms with van der Waals surface area (Å²) in [6, 6.07) is 18.1. The lowest BCUT2D eigenvalue weighted by molar-refractivity contribution is -0.137. The molecule has 1 unspecified atom stereocenters. The largest absolute Gasteiger partial charge is 0.488 e. The smallest absolute Gasteiger partial charge is 0.318 e. The van der Waals surface area contributed by atoms with E-state index >= 15 is 0 Å². The molecule has 4 rings (SSSR count). The molecule has 0 saturated heterocycles. The van der Waals surface area contributed by atoms with E-state index in [-0.39, 0.29) is 18.7 Å². The second kappa shape index (κ2) is 9.96. The minimum absolute atomic E-state index is 0.218. The molecule has 0 radical (unpaired) electrons. The van der Waals surface area contributed by atoms with Gasteiger partial charge in [0.2, 0.25) is 0 Å². The van der Waals surface area contributed by atoms with Gasteiger partial charge < -0.3 is 9.84 Å². The Morgan fingerprint density at radius 3 is 2.46 bits per heavy atom. The Bertz CT molecular complexity index is 1300. The molecule has 0 saturated carbocycles. The summed E-state index contributed by atoms with van der Waals surface area (Å²) in [7, 11) is -1.62. The lowest BCUT2D eigenvalue weighted by atomic mass is 9.94. The van der Waals surface area contributed by atoms with Crippen LogP contribution in [-0.2, 0) is 28.7 Å². The highest BCUT2D eigenvalue weighted by atomic mass is 32.2. The molecule has 1 aliphatic heterocycles. The maximum Gasteiger partial charge on any atom is 0.318 e. The van der Waals surface area contributed by atoms with Gasteiger partial charge in [0.25, 0.3) is 0 Å². The molecule has 0 spiro atoms. The number of nitrogens with zero attached hydrogens (tertiary/aromatic N) is 1. The maximum absolute atomic E-state index is 13.5. The molecule has 35 heavy (non-hydrogen) atoms. The first-order chi connectivity index (χ1) is 16.5. The van der Waals surface area contributed by atoms with E-state index in [4.69, 9.17) is 4.74 Å². The first-order valence-corrected chi connectivity index (χ1v) is 13.0. The fourth-order valence-corrected chi connectivity index (χ4v) is 5.70. The SMILES string of the molecule is Cc1ccc(-c2ccc(CN(CC(=O)O)S(=O)c3ccc4c(c3)CCC(C)(C)O4)cc2C)cc1C. The van der Waals surface area contributed by atoms with Gasteiger partial charge in [0.1, 0.15) is 28.9 Å². The van der Waals surface area contributed by atoms with Crippen LogP contribution in [0.15, 0.2) is 59.5 Å². The Hall–Kier alpha value is -2.96. The minimum Gasteiger partial charge on any atom is -0.488 e. The Kier molecular flexibility index (Phi) is 7.15. The van der Waals surface area contributed by atoms with Crippen LogP contribution in [0.4, 0.5) is 0 Å². The summed E-state index contributed by atoms with van der Waals surface area (Å²) in [5.41, 5.74) is 7.61. The summed E-state index contributed by atoms with van der Waals surface area (Å²) < 4.78 is 21.0. The van der Waals surface area contributed by atoms with E-state index in [9.17, 15) is 14.1 Å². The number of rotatable bonds is 7. The topological polar surface area (TPSA) is 66.8 Å². The third-order valence-electron chi connectivity index (χ3n) is 6.63. The molecule has 3 aromatic carbocycles. The fraction of sp³-hybridized carbons (Fsp3) is 0.345. The van der Waals surface area contributed by atoms with Crippen LogP contribution >= 0.6 is 0 Å². The van der Waals surface area contributed by atoms with Gasteiger partial charge in [-0.3, -0.25) is 4.79 Å². The van der Waals surface area contributed by atoms with Crippen molar-refractivity contribution in [1.29, 1.82) is 0 Å². The predicted molar refractivity (Wildman–Crippen MR) is 140 cm³/mol.